The number of amides is 1. The molecule has 128 valence electrons. The Morgan fingerprint density at radius 3 is 2.79 bits per heavy atom. The predicted molar refractivity (Wildman–Crippen MR) is 87.0 cm³/mol. The van der Waals surface area contributed by atoms with Gasteiger partial charge in [-0.05, 0) is 31.0 Å². The van der Waals surface area contributed by atoms with Crippen molar-refractivity contribution in [2.24, 2.45) is 0 Å². The first-order valence-corrected chi connectivity index (χ1v) is 7.50. The highest BCUT2D eigenvalue weighted by molar-refractivity contribution is 5.81. The maximum Gasteiger partial charge on any atom is 0.336 e. The molecule has 2 aromatic rings. The van der Waals surface area contributed by atoms with Crippen molar-refractivity contribution in [1.29, 1.82) is 0 Å². The van der Waals surface area contributed by atoms with Gasteiger partial charge in [-0.2, -0.15) is 0 Å². The van der Waals surface area contributed by atoms with E-state index in [0.29, 0.717) is 24.3 Å². The van der Waals surface area contributed by atoms with Crippen LogP contribution >= 0.6 is 0 Å². The zero-order valence-corrected chi connectivity index (χ0v) is 13.6. The van der Waals surface area contributed by atoms with Crippen LogP contribution in [-0.2, 0) is 14.3 Å². The molecule has 0 saturated carbocycles. The molecular weight excluding hydrogens is 314 g/mol. The van der Waals surface area contributed by atoms with Crippen molar-refractivity contribution in [2.75, 3.05) is 20.3 Å². The van der Waals surface area contributed by atoms with E-state index in [2.05, 4.69) is 10.1 Å². The normalized spacial score (nSPS) is 10.4. The monoisotopic (exact) mass is 333 g/mol. The standard InChI is InChI=1S/C17H19NO6/c1-11-8-17(21)24-14-9-12(5-6-13(11)14)23-10-15(19)18-7-3-4-16(20)22-2/h5-6,8-9H,3-4,7,10H2,1-2H3,(H,18,19). The number of hydrogen-bond acceptors (Lipinski definition) is 6. The fourth-order valence-electron chi connectivity index (χ4n) is 2.16. The van der Waals surface area contributed by atoms with Crippen LogP contribution < -0.4 is 15.7 Å². The molecule has 7 heteroatoms. The molecule has 0 aliphatic carbocycles. The number of nitrogens with one attached hydrogen (secondary N) is 1. The summed E-state index contributed by atoms with van der Waals surface area (Å²) in [7, 11) is 1.32. The van der Waals surface area contributed by atoms with E-state index in [0.717, 1.165) is 10.9 Å². The highest BCUT2D eigenvalue weighted by Gasteiger charge is 2.07. The molecule has 0 atom stereocenters. The van der Waals surface area contributed by atoms with Crippen molar-refractivity contribution in [3.63, 3.8) is 0 Å². The highest BCUT2D eigenvalue weighted by Crippen LogP contribution is 2.22. The van der Waals surface area contributed by atoms with Crippen LogP contribution in [0.5, 0.6) is 5.75 Å². The van der Waals surface area contributed by atoms with Gasteiger partial charge in [0.1, 0.15) is 11.3 Å². The second-order valence-corrected chi connectivity index (χ2v) is 5.22. The number of methoxy groups -OCH3 is 1. The molecule has 0 spiro atoms. The average Bonchev–Trinajstić information content (AvgIpc) is 2.56. The molecular formula is C17H19NO6. The number of carbonyl (C=O) groups excluding carboxylic acids is 2. The molecule has 0 aliphatic rings. The molecule has 24 heavy (non-hydrogen) atoms. The molecule has 0 saturated heterocycles. The summed E-state index contributed by atoms with van der Waals surface area (Å²) in [6.45, 7) is 2.02. The summed E-state index contributed by atoms with van der Waals surface area (Å²) in [5.74, 6) is -0.180. The van der Waals surface area contributed by atoms with Crippen molar-refractivity contribution in [2.45, 2.75) is 19.8 Å². The van der Waals surface area contributed by atoms with E-state index in [1.165, 1.54) is 13.2 Å². The van der Waals surface area contributed by atoms with Crippen LogP contribution in [0.1, 0.15) is 18.4 Å². The van der Waals surface area contributed by atoms with E-state index < -0.39 is 5.63 Å². The molecule has 2 rings (SSSR count). The Morgan fingerprint density at radius 2 is 2.04 bits per heavy atom. The Balaban J connectivity index is 1.85. The van der Waals surface area contributed by atoms with Crippen molar-refractivity contribution in [1.82, 2.24) is 5.32 Å². The molecule has 0 bridgehead atoms. The van der Waals surface area contributed by atoms with E-state index in [1.807, 2.05) is 6.92 Å². The summed E-state index contributed by atoms with van der Waals surface area (Å²) in [6, 6.07) is 6.48. The second kappa shape index (κ2) is 8.14. The molecule has 7 nitrogen and oxygen atoms in total. The van der Waals surface area contributed by atoms with Crippen LogP contribution in [-0.4, -0.2) is 32.1 Å². The lowest BCUT2D eigenvalue weighted by molar-refractivity contribution is -0.140. The maximum atomic E-state index is 11.7. The number of hydrogen-bond donors (Lipinski definition) is 1. The van der Waals surface area contributed by atoms with Gasteiger partial charge in [-0.3, -0.25) is 9.59 Å². The van der Waals surface area contributed by atoms with Crippen molar-refractivity contribution >= 4 is 22.8 Å². The fourth-order valence-corrected chi connectivity index (χ4v) is 2.16. The third kappa shape index (κ3) is 4.84. The van der Waals surface area contributed by atoms with Gasteiger partial charge in [0.25, 0.3) is 5.91 Å². The van der Waals surface area contributed by atoms with E-state index >= 15 is 0 Å². The molecule has 1 N–H and O–H groups in total. The summed E-state index contributed by atoms with van der Waals surface area (Å²) in [5, 5.41) is 3.46. The van der Waals surface area contributed by atoms with E-state index in [-0.39, 0.29) is 24.9 Å². The molecule has 1 aromatic carbocycles. The van der Waals surface area contributed by atoms with E-state index in [1.54, 1.807) is 18.2 Å². The Bertz CT molecular complexity index is 795. The van der Waals surface area contributed by atoms with Crippen molar-refractivity contribution < 1.29 is 23.5 Å². The minimum Gasteiger partial charge on any atom is -0.484 e. The minimum absolute atomic E-state index is 0.167. The van der Waals surface area contributed by atoms with Gasteiger partial charge in [0.2, 0.25) is 0 Å². The molecule has 0 aliphatic heterocycles. The van der Waals surface area contributed by atoms with Crippen molar-refractivity contribution in [3.8, 4) is 5.75 Å². The Morgan fingerprint density at radius 1 is 1.25 bits per heavy atom. The largest absolute Gasteiger partial charge is 0.484 e. The summed E-state index contributed by atoms with van der Waals surface area (Å²) in [5.41, 5.74) is 0.799. The van der Waals surface area contributed by atoms with Crippen LogP contribution in [0.15, 0.2) is 33.5 Å². The van der Waals surface area contributed by atoms with Gasteiger partial charge in [-0.1, -0.05) is 0 Å². The maximum absolute atomic E-state index is 11.7. The molecule has 1 aromatic heterocycles. The Labute approximate surface area is 138 Å². The number of rotatable bonds is 7. The number of esters is 1. The SMILES string of the molecule is COC(=O)CCCNC(=O)COc1ccc2c(C)cc(=O)oc2c1. The first kappa shape index (κ1) is 17.5. The third-order valence-electron chi connectivity index (χ3n) is 3.40. The number of fused-ring (bicyclic) bond motifs is 1. The zero-order chi connectivity index (χ0) is 17.5. The lowest BCUT2D eigenvalue weighted by Gasteiger charge is -2.08. The summed E-state index contributed by atoms with van der Waals surface area (Å²) in [4.78, 5) is 34.0. The molecule has 1 amide bonds. The number of aryl methyl sites for hydroxylation is 1. The fraction of sp³-hybridized carbons (Fsp3) is 0.353. The van der Waals surface area contributed by atoms with Gasteiger partial charge in [0, 0.05) is 30.5 Å². The highest BCUT2D eigenvalue weighted by atomic mass is 16.5. The lowest BCUT2D eigenvalue weighted by atomic mass is 10.1. The Kier molecular flexibility index (Phi) is 5.95. The number of ether oxygens (including phenoxy) is 2. The van der Waals surface area contributed by atoms with Crippen molar-refractivity contribution in [3.05, 3.63) is 40.2 Å². The summed E-state index contributed by atoms with van der Waals surface area (Å²) in [6.07, 6.45) is 0.750. The second-order valence-electron chi connectivity index (χ2n) is 5.22. The predicted octanol–water partition coefficient (Wildman–Crippen LogP) is 1.55. The van der Waals surface area contributed by atoms with Gasteiger partial charge in [0.15, 0.2) is 6.61 Å². The first-order chi connectivity index (χ1) is 11.5. The van der Waals surface area contributed by atoms with Crippen LogP contribution in [0, 0.1) is 6.92 Å². The number of benzene rings is 1. The average molecular weight is 333 g/mol. The van der Waals surface area contributed by atoms with Gasteiger partial charge in [-0.15, -0.1) is 0 Å². The number of carbonyl (C=O) groups is 2. The third-order valence-corrected chi connectivity index (χ3v) is 3.40. The van der Waals surface area contributed by atoms with Crippen LogP contribution in [0.4, 0.5) is 0 Å². The molecule has 1 heterocycles. The van der Waals surface area contributed by atoms with E-state index in [9.17, 15) is 14.4 Å². The van der Waals surface area contributed by atoms with Crippen LogP contribution in [0.2, 0.25) is 0 Å². The lowest BCUT2D eigenvalue weighted by Crippen LogP contribution is -2.30. The quantitative estimate of drug-likeness (QED) is 0.469. The summed E-state index contributed by atoms with van der Waals surface area (Å²) >= 11 is 0. The van der Waals surface area contributed by atoms with Gasteiger partial charge >= 0.3 is 11.6 Å². The van der Waals surface area contributed by atoms with Gasteiger partial charge in [0.05, 0.1) is 7.11 Å². The van der Waals surface area contributed by atoms with E-state index in [4.69, 9.17) is 9.15 Å². The van der Waals surface area contributed by atoms with Crippen LogP contribution in [0.25, 0.3) is 11.0 Å². The smallest absolute Gasteiger partial charge is 0.336 e. The topological polar surface area (TPSA) is 94.8 Å². The van der Waals surface area contributed by atoms with Crippen LogP contribution in [0.3, 0.4) is 0 Å². The molecule has 0 unspecified atom stereocenters. The Hall–Kier alpha value is -2.83. The van der Waals surface area contributed by atoms with Gasteiger partial charge < -0.3 is 19.2 Å². The first-order valence-electron chi connectivity index (χ1n) is 7.50. The zero-order valence-electron chi connectivity index (χ0n) is 13.6. The summed E-state index contributed by atoms with van der Waals surface area (Å²) < 4.78 is 15.0. The minimum atomic E-state index is -0.430. The molecule has 0 fully saturated rings. The van der Waals surface area contributed by atoms with Gasteiger partial charge in [-0.25, -0.2) is 4.79 Å². The molecule has 0 radical (unpaired) electrons.